The van der Waals surface area contributed by atoms with Crippen molar-refractivity contribution in [2.45, 2.75) is 6.54 Å². The van der Waals surface area contributed by atoms with Crippen LogP contribution in [0.5, 0.6) is 0 Å². The molecule has 0 aliphatic rings. The van der Waals surface area contributed by atoms with E-state index in [1.807, 2.05) is 30.3 Å². The van der Waals surface area contributed by atoms with E-state index in [1.165, 1.54) is 0 Å². The fraction of sp³-hybridized carbons (Fsp3) is 0.0833. The molecule has 2 aromatic rings. The van der Waals surface area contributed by atoms with Gasteiger partial charge in [0.1, 0.15) is 4.99 Å². The molecule has 0 radical (unpaired) electrons. The molecule has 3 N–H and O–H groups in total. The predicted molar refractivity (Wildman–Crippen MR) is 79.4 cm³/mol. The van der Waals surface area contributed by atoms with E-state index in [4.69, 9.17) is 18.0 Å². The molecule has 1 aromatic heterocycles. The smallest absolute Gasteiger partial charge is 0.105 e. The van der Waals surface area contributed by atoms with Gasteiger partial charge in [0.15, 0.2) is 0 Å². The van der Waals surface area contributed by atoms with Crippen LogP contribution in [0.3, 0.4) is 0 Å². The third kappa shape index (κ3) is 3.24. The van der Waals surface area contributed by atoms with E-state index in [2.05, 4.69) is 31.4 Å². The summed E-state index contributed by atoms with van der Waals surface area (Å²) in [4.78, 5) is 0.377. The molecule has 0 aliphatic carbocycles. The van der Waals surface area contributed by atoms with Crippen molar-refractivity contribution >= 4 is 38.8 Å². The summed E-state index contributed by atoms with van der Waals surface area (Å²) in [5.41, 5.74) is 8.27. The van der Waals surface area contributed by atoms with Gasteiger partial charge in [-0.2, -0.15) is 10.2 Å². The monoisotopic (exact) mass is 322 g/mol. The number of nitrogens with two attached hydrogens (primary N) is 1. The summed E-state index contributed by atoms with van der Waals surface area (Å²) < 4.78 is 0.874. The first-order valence-electron chi connectivity index (χ1n) is 5.26. The van der Waals surface area contributed by atoms with Gasteiger partial charge in [-0.3, -0.25) is 0 Å². The average molecular weight is 323 g/mol. The van der Waals surface area contributed by atoms with E-state index >= 15 is 0 Å². The maximum absolute atomic E-state index is 5.59. The quantitative estimate of drug-likeness (QED) is 0.847. The second kappa shape index (κ2) is 5.88. The zero-order valence-electron chi connectivity index (χ0n) is 9.43. The highest BCUT2D eigenvalue weighted by atomic mass is 79.9. The van der Waals surface area contributed by atoms with Crippen molar-refractivity contribution in [1.29, 1.82) is 0 Å². The number of thiocarbonyl (C=S) groups is 1. The Labute approximate surface area is 119 Å². The number of rotatable bonds is 4. The van der Waals surface area contributed by atoms with Crippen LogP contribution in [0.2, 0.25) is 0 Å². The summed E-state index contributed by atoms with van der Waals surface area (Å²) in [6.07, 6.45) is 1.65. The Morgan fingerprint density at radius 3 is 2.83 bits per heavy atom. The molecule has 1 heterocycles. The molecule has 0 bridgehead atoms. The summed E-state index contributed by atoms with van der Waals surface area (Å²) in [7, 11) is 0. The highest BCUT2D eigenvalue weighted by Crippen LogP contribution is 2.21. The van der Waals surface area contributed by atoms with Gasteiger partial charge in [-0.25, -0.2) is 0 Å². The Morgan fingerprint density at radius 2 is 2.22 bits per heavy atom. The molecule has 0 amide bonds. The lowest BCUT2D eigenvalue weighted by molar-refractivity contribution is 0.925. The Hall–Kier alpha value is -1.53. The van der Waals surface area contributed by atoms with Gasteiger partial charge >= 0.3 is 0 Å². The van der Waals surface area contributed by atoms with Crippen LogP contribution in [0.1, 0.15) is 11.3 Å². The minimum Gasteiger partial charge on any atom is -0.389 e. The van der Waals surface area contributed by atoms with Crippen molar-refractivity contribution in [2.24, 2.45) is 5.73 Å². The molecule has 2 rings (SSSR count). The molecule has 6 heteroatoms. The minimum atomic E-state index is 0.377. The first-order valence-corrected chi connectivity index (χ1v) is 6.47. The maximum Gasteiger partial charge on any atom is 0.105 e. The lowest BCUT2D eigenvalue weighted by Gasteiger charge is -2.08. The number of anilines is 1. The summed E-state index contributed by atoms with van der Waals surface area (Å²) in [6, 6.07) is 9.51. The molecule has 0 saturated carbocycles. The Morgan fingerprint density at radius 1 is 1.39 bits per heavy atom. The van der Waals surface area contributed by atoms with Crippen molar-refractivity contribution in [3.8, 4) is 0 Å². The fourth-order valence-corrected chi connectivity index (χ4v) is 2.35. The number of hydrogen-bond acceptors (Lipinski definition) is 4. The number of nitrogens with one attached hydrogen (secondary N) is 1. The van der Waals surface area contributed by atoms with E-state index < -0.39 is 0 Å². The van der Waals surface area contributed by atoms with E-state index in [0.29, 0.717) is 11.5 Å². The number of hydrogen-bond donors (Lipinski definition) is 2. The van der Waals surface area contributed by atoms with Gasteiger partial charge in [0, 0.05) is 21.9 Å². The third-order valence-corrected chi connectivity index (χ3v) is 3.21. The van der Waals surface area contributed by atoms with Gasteiger partial charge in [0.05, 0.1) is 12.2 Å². The molecule has 0 atom stereocenters. The van der Waals surface area contributed by atoms with Gasteiger partial charge < -0.3 is 11.1 Å². The summed E-state index contributed by atoms with van der Waals surface area (Å²) in [5, 5.41) is 11.1. The lowest BCUT2D eigenvalue weighted by atomic mass is 10.2. The molecule has 0 aliphatic heterocycles. The summed E-state index contributed by atoms with van der Waals surface area (Å²) in [5.74, 6) is 0. The molecule has 0 fully saturated rings. The van der Waals surface area contributed by atoms with Crippen molar-refractivity contribution in [1.82, 2.24) is 10.2 Å². The molecule has 92 valence electrons. The molecular formula is C12H11BrN4S. The highest BCUT2D eigenvalue weighted by molar-refractivity contribution is 9.10. The van der Waals surface area contributed by atoms with Gasteiger partial charge in [-0.1, -0.05) is 12.2 Å². The van der Waals surface area contributed by atoms with Crippen LogP contribution in [-0.4, -0.2) is 15.2 Å². The zero-order valence-corrected chi connectivity index (χ0v) is 11.8. The number of halogens is 1. The van der Waals surface area contributed by atoms with Crippen molar-refractivity contribution in [2.75, 3.05) is 5.32 Å². The van der Waals surface area contributed by atoms with Crippen LogP contribution < -0.4 is 11.1 Å². The van der Waals surface area contributed by atoms with Crippen LogP contribution in [0, 0.1) is 0 Å². The van der Waals surface area contributed by atoms with E-state index in [1.54, 1.807) is 6.20 Å². The SMILES string of the molecule is NC(=S)c1ccc(NCc2cccnn2)cc1Br. The summed E-state index contributed by atoms with van der Waals surface area (Å²) >= 11 is 8.38. The number of aromatic nitrogens is 2. The van der Waals surface area contributed by atoms with Gasteiger partial charge in [0.25, 0.3) is 0 Å². The normalized spacial score (nSPS) is 10.1. The lowest BCUT2D eigenvalue weighted by Crippen LogP contribution is -2.10. The first kappa shape index (κ1) is 12.9. The molecule has 0 unspecified atom stereocenters. The molecular weight excluding hydrogens is 312 g/mol. The second-order valence-corrected chi connectivity index (χ2v) is 4.92. The number of benzene rings is 1. The average Bonchev–Trinajstić information content (AvgIpc) is 2.37. The molecule has 18 heavy (non-hydrogen) atoms. The van der Waals surface area contributed by atoms with Crippen LogP contribution in [-0.2, 0) is 6.54 Å². The van der Waals surface area contributed by atoms with Crippen molar-refractivity contribution in [3.63, 3.8) is 0 Å². The Kier molecular flexibility index (Phi) is 4.22. The van der Waals surface area contributed by atoms with E-state index in [9.17, 15) is 0 Å². The van der Waals surface area contributed by atoms with Gasteiger partial charge in [0.2, 0.25) is 0 Å². The molecule has 1 aromatic carbocycles. The van der Waals surface area contributed by atoms with Crippen LogP contribution in [0.25, 0.3) is 0 Å². The minimum absolute atomic E-state index is 0.377. The fourth-order valence-electron chi connectivity index (χ4n) is 1.45. The first-order chi connectivity index (χ1) is 8.66. The predicted octanol–water partition coefficient (Wildman–Crippen LogP) is 2.49. The number of nitrogens with zero attached hydrogens (tertiary/aromatic N) is 2. The molecule has 0 saturated heterocycles. The van der Waals surface area contributed by atoms with E-state index in [-0.39, 0.29) is 0 Å². The maximum atomic E-state index is 5.59. The van der Waals surface area contributed by atoms with Crippen molar-refractivity contribution in [3.05, 3.63) is 52.3 Å². The molecule has 0 spiro atoms. The van der Waals surface area contributed by atoms with E-state index in [0.717, 1.165) is 21.4 Å². The largest absolute Gasteiger partial charge is 0.389 e. The Balaban J connectivity index is 2.07. The topological polar surface area (TPSA) is 63.8 Å². The second-order valence-electron chi connectivity index (χ2n) is 3.63. The highest BCUT2D eigenvalue weighted by Gasteiger charge is 2.04. The standard InChI is InChI=1S/C12H11BrN4S/c13-11-6-8(3-4-10(11)12(14)18)15-7-9-2-1-5-16-17-9/h1-6,15H,7H2,(H2,14,18). The zero-order chi connectivity index (χ0) is 13.0. The third-order valence-electron chi connectivity index (χ3n) is 2.34. The van der Waals surface area contributed by atoms with Crippen LogP contribution in [0.15, 0.2) is 41.0 Å². The van der Waals surface area contributed by atoms with Gasteiger partial charge in [-0.05, 0) is 46.3 Å². The van der Waals surface area contributed by atoms with Crippen molar-refractivity contribution < 1.29 is 0 Å². The molecule has 4 nitrogen and oxygen atoms in total. The van der Waals surface area contributed by atoms with Crippen LogP contribution >= 0.6 is 28.1 Å². The van der Waals surface area contributed by atoms with Crippen LogP contribution in [0.4, 0.5) is 5.69 Å². The Bertz CT molecular complexity index is 559. The summed E-state index contributed by atoms with van der Waals surface area (Å²) in [6.45, 7) is 0.618. The van der Waals surface area contributed by atoms with Gasteiger partial charge in [-0.15, -0.1) is 0 Å².